The highest BCUT2D eigenvalue weighted by molar-refractivity contribution is 9.11. The summed E-state index contributed by atoms with van der Waals surface area (Å²) >= 11 is 11.0. The molecular weight excluding hydrogens is 564 g/mol. The van der Waals surface area contributed by atoms with Crippen LogP contribution >= 0.6 is 54.5 Å². The molecule has 0 saturated heterocycles. The Labute approximate surface area is 221 Å². The van der Waals surface area contributed by atoms with Crippen LogP contribution in [-0.4, -0.2) is 9.97 Å². The van der Waals surface area contributed by atoms with E-state index in [1.54, 1.807) is 22.7 Å². The van der Waals surface area contributed by atoms with Gasteiger partial charge in [0.1, 0.15) is 0 Å². The topological polar surface area (TPSA) is 25.8 Å². The average Bonchev–Trinajstić information content (AvgIpc) is 3.26. The minimum absolute atomic E-state index is 0.758. The third kappa shape index (κ3) is 10.2. The Balaban J connectivity index is 1.87. The van der Waals surface area contributed by atoms with Gasteiger partial charge in [-0.25, -0.2) is 9.97 Å². The molecule has 2 atom stereocenters. The summed E-state index contributed by atoms with van der Waals surface area (Å²) in [6, 6.07) is 0. The van der Waals surface area contributed by atoms with Gasteiger partial charge in [0.05, 0.1) is 19.0 Å². The first-order chi connectivity index (χ1) is 15.2. The number of aryl methyl sites for hydroxylation is 2. The Kier molecular flexibility index (Phi) is 13.0. The van der Waals surface area contributed by atoms with Gasteiger partial charge in [0.15, 0.2) is 10.0 Å². The molecule has 2 unspecified atom stereocenters. The maximum Gasteiger partial charge on any atom is 0.153 e. The molecule has 0 radical (unpaired) electrons. The van der Waals surface area contributed by atoms with Gasteiger partial charge in [0, 0.05) is 0 Å². The molecule has 0 aliphatic rings. The zero-order valence-electron chi connectivity index (χ0n) is 20.8. The van der Waals surface area contributed by atoms with Crippen LogP contribution in [0.1, 0.15) is 104 Å². The van der Waals surface area contributed by atoms with E-state index in [2.05, 4.69) is 73.4 Å². The normalized spacial score (nSPS) is 13.9. The Morgan fingerprint density at radius 1 is 0.594 bits per heavy atom. The quantitative estimate of drug-likeness (QED) is 0.202. The van der Waals surface area contributed by atoms with Gasteiger partial charge in [-0.15, -0.1) is 22.7 Å². The van der Waals surface area contributed by atoms with Crippen LogP contribution in [0.25, 0.3) is 10.0 Å². The highest BCUT2D eigenvalue weighted by atomic mass is 79.9. The van der Waals surface area contributed by atoms with Crippen LogP contribution in [0.3, 0.4) is 0 Å². The van der Waals surface area contributed by atoms with E-state index < -0.39 is 0 Å². The van der Waals surface area contributed by atoms with E-state index in [9.17, 15) is 0 Å². The van der Waals surface area contributed by atoms with Gasteiger partial charge in [-0.05, 0) is 81.2 Å². The minimum Gasteiger partial charge on any atom is -0.237 e. The van der Waals surface area contributed by atoms with Crippen LogP contribution in [0, 0.1) is 23.7 Å². The second-order valence-corrected chi connectivity index (χ2v) is 15.0. The molecule has 0 saturated carbocycles. The maximum atomic E-state index is 4.97. The Morgan fingerprint density at radius 2 is 0.969 bits per heavy atom. The van der Waals surface area contributed by atoms with E-state index in [4.69, 9.17) is 9.97 Å². The third-order valence-corrected chi connectivity index (χ3v) is 9.99. The molecule has 0 fully saturated rings. The molecule has 0 amide bonds. The molecule has 2 aromatic heterocycles. The van der Waals surface area contributed by atoms with E-state index in [1.807, 2.05) is 0 Å². The predicted molar refractivity (Wildman–Crippen MR) is 151 cm³/mol. The molecule has 182 valence electrons. The molecule has 2 heterocycles. The van der Waals surface area contributed by atoms with Crippen molar-refractivity contribution in [1.29, 1.82) is 0 Å². The highest BCUT2D eigenvalue weighted by Gasteiger charge is 2.18. The van der Waals surface area contributed by atoms with E-state index in [1.165, 1.54) is 70.3 Å². The van der Waals surface area contributed by atoms with E-state index >= 15 is 0 Å². The summed E-state index contributed by atoms with van der Waals surface area (Å²) in [7, 11) is 0. The summed E-state index contributed by atoms with van der Waals surface area (Å²) in [5.74, 6) is 3.14. The fourth-order valence-corrected chi connectivity index (χ4v) is 7.15. The van der Waals surface area contributed by atoms with Gasteiger partial charge in [0.25, 0.3) is 0 Å². The number of aromatic nitrogens is 2. The highest BCUT2D eigenvalue weighted by Crippen LogP contribution is 2.38. The number of rotatable bonds is 15. The van der Waals surface area contributed by atoms with E-state index in [0.29, 0.717) is 0 Å². The second-order valence-electron chi connectivity index (χ2n) is 10.4. The molecule has 2 nitrogen and oxygen atoms in total. The van der Waals surface area contributed by atoms with Crippen molar-refractivity contribution in [3.05, 3.63) is 19.0 Å². The Hall–Kier alpha value is 0.220. The molecule has 6 heteroatoms. The maximum absolute atomic E-state index is 4.97. The monoisotopic (exact) mass is 604 g/mol. The third-order valence-electron chi connectivity index (χ3n) is 6.19. The van der Waals surface area contributed by atoms with Crippen molar-refractivity contribution in [3.8, 4) is 10.0 Å². The lowest BCUT2D eigenvalue weighted by atomic mass is 9.95. The Bertz CT molecular complexity index is 732. The molecule has 0 aliphatic heterocycles. The van der Waals surface area contributed by atoms with Crippen molar-refractivity contribution in [2.75, 3.05) is 0 Å². The van der Waals surface area contributed by atoms with Crippen molar-refractivity contribution < 1.29 is 0 Å². The van der Waals surface area contributed by atoms with Crippen molar-refractivity contribution >= 4 is 54.5 Å². The summed E-state index contributed by atoms with van der Waals surface area (Å²) in [5.41, 5.74) is 2.40. The summed E-state index contributed by atoms with van der Waals surface area (Å²) < 4.78 is 2.35. The van der Waals surface area contributed by atoms with Crippen LogP contribution in [-0.2, 0) is 12.8 Å². The molecule has 2 aromatic rings. The van der Waals surface area contributed by atoms with Gasteiger partial charge < -0.3 is 0 Å². The molecule has 0 spiro atoms. The van der Waals surface area contributed by atoms with Crippen LogP contribution in [0.4, 0.5) is 0 Å². The van der Waals surface area contributed by atoms with Crippen LogP contribution in [0.5, 0.6) is 0 Å². The van der Waals surface area contributed by atoms with Crippen molar-refractivity contribution in [2.24, 2.45) is 23.7 Å². The fraction of sp³-hybridized carbons (Fsp3) is 0.769. The minimum atomic E-state index is 0.758. The zero-order chi connectivity index (χ0) is 23.7. The number of thiazole rings is 2. The largest absolute Gasteiger partial charge is 0.237 e. The van der Waals surface area contributed by atoms with Crippen LogP contribution in [0.15, 0.2) is 7.57 Å². The van der Waals surface area contributed by atoms with Gasteiger partial charge >= 0.3 is 0 Å². The SMILES string of the molecule is CC(C)CCCC(C)CCc1nc(-c2nc(CCC(C)CCCC(C)C)c(Br)s2)sc1Br. The molecule has 32 heavy (non-hydrogen) atoms. The van der Waals surface area contributed by atoms with Crippen molar-refractivity contribution in [3.63, 3.8) is 0 Å². The van der Waals surface area contributed by atoms with Crippen molar-refractivity contribution in [1.82, 2.24) is 9.97 Å². The smallest absolute Gasteiger partial charge is 0.153 e. The molecule has 0 aliphatic carbocycles. The lowest BCUT2D eigenvalue weighted by Gasteiger charge is -2.11. The number of nitrogens with zero attached hydrogens (tertiary/aromatic N) is 2. The first kappa shape index (κ1) is 28.5. The standard InChI is InChI=1S/C26H42Br2N2S2/c1-17(2)9-7-11-19(5)13-15-21-23(27)31-25(29-21)26-30-22(24(28)32-26)16-14-20(6)12-8-10-18(3)4/h17-20H,7-16H2,1-6H3. The second kappa shape index (κ2) is 14.6. The van der Waals surface area contributed by atoms with E-state index in [0.717, 1.165) is 46.5 Å². The number of halogens is 2. The molecule has 0 bridgehead atoms. The van der Waals surface area contributed by atoms with Gasteiger partial charge in [0.2, 0.25) is 0 Å². The van der Waals surface area contributed by atoms with Gasteiger partial charge in [-0.1, -0.05) is 80.1 Å². The number of hydrogen-bond donors (Lipinski definition) is 0. The summed E-state index contributed by atoms with van der Waals surface area (Å²) in [6.07, 6.45) is 12.5. The summed E-state index contributed by atoms with van der Waals surface area (Å²) in [5, 5.41) is 2.11. The lowest BCUT2D eigenvalue weighted by Crippen LogP contribution is -2.00. The van der Waals surface area contributed by atoms with Crippen LogP contribution in [0.2, 0.25) is 0 Å². The summed E-state index contributed by atoms with van der Waals surface area (Å²) in [4.78, 5) is 9.93. The molecular formula is C26H42Br2N2S2. The lowest BCUT2D eigenvalue weighted by molar-refractivity contribution is 0.435. The average molecular weight is 607 g/mol. The van der Waals surface area contributed by atoms with Gasteiger partial charge in [-0.2, -0.15) is 0 Å². The molecule has 2 rings (SSSR count). The molecule has 0 N–H and O–H groups in total. The summed E-state index contributed by atoms with van der Waals surface area (Å²) in [6.45, 7) is 14.0. The first-order valence-corrected chi connectivity index (χ1v) is 15.7. The fourth-order valence-electron chi connectivity index (χ4n) is 3.96. The van der Waals surface area contributed by atoms with Gasteiger partial charge in [-0.3, -0.25) is 0 Å². The Morgan fingerprint density at radius 3 is 1.31 bits per heavy atom. The zero-order valence-corrected chi connectivity index (χ0v) is 25.7. The van der Waals surface area contributed by atoms with Crippen LogP contribution < -0.4 is 0 Å². The number of hydrogen-bond acceptors (Lipinski definition) is 4. The first-order valence-electron chi connectivity index (χ1n) is 12.5. The molecule has 0 aromatic carbocycles. The van der Waals surface area contributed by atoms with Crippen molar-refractivity contribution in [2.45, 2.75) is 106 Å². The predicted octanol–water partition coefficient (Wildman–Crippen LogP) is 10.6. The van der Waals surface area contributed by atoms with E-state index in [-0.39, 0.29) is 0 Å².